The molecule has 1 N–H and O–H groups in total. The summed E-state index contributed by atoms with van der Waals surface area (Å²) in [4.78, 5) is 24.1. The van der Waals surface area contributed by atoms with E-state index >= 15 is 0 Å². The number of likely N-dealkylation sites (N-methyl/N-ethyl adjacent to an activating group) is 1. The maximum absolute atomic E-state index is 12.6. The summed E-state index contributed by atoms with van der Waals surface area (Å²) in [6, 6.07) is 9.26. The van der Waals surface area contributed by atoms with Crippen LogP contribution in [-0.2, 0) is 4.79 Å². The van der Waals surface area contributed by atoms with Gasteiger partial charge in [-0.15, -0.1) is 0 Å². The maximum Gasteiger partial charge on any atom is 0.257 e. The van der Waals surface area contributed by atoms with Gasteiger partial charge in [0.25, 0.3) is 5.91 Å². The van der Waals surface area contributed by atoms with Gasteiger partial charge in [-0.3, -0.25) is 9.59 Å². The molecule has 0 aromatic heterocycles. The fourth-order valence-corrected chi connectivity index (χ4v) is 2.79. The Labute approximate surface area is 166 Å². The number of rotatable bonds is 8. The smallest absolute Gasteiger partial charge is 0.257 e. The predicted molar refractivity (Wildman–Crippen MR) is 111 cm³/mol. The molecule has 0 spiro atoms. The number of carbonyl (C=O) groups excluding carboxylic acids is 2. The Morgan fingerprint density at radius 1 is 1.00 bits per heavy atom. The van der Waals surface area contributed by atoms with Crippen LogP contribution in [0.15, 0.2) is 36.4 Å². The maximum atomic E-state index is 12.6. The van der Waals surface area contributed by atoms with E-state index in [2.05, 4.69) is 5.32 Å². The Morgan fingerprint density at radius 3 is 2.39 bits per heavy atom. The van der Waals surface area contributed by atoms with E-state index in [0.717, 1.165) is 16.7 Å². The molecule has 0 aliphatic rings. The Morgan fingerprint density at radius 2 is 1.71 bits per heavy atom. The van der Waals surface area contributed by atoms with Crippen molar-refractivity contribution in [2.24, 2.45) is 0 Å². The molecule has 0 radical (unpaired) electrons. The molecular formula is C23H27NO4. The number of aryl methyl sites for hydroxylation is 3. The summed E-state index contributed by atoms with van der Waals surface area (Å²) >= 11 is 0. The zero-order chi connectivity index (χ0) is 20.7. The van der Waals surface area contributed by atoms with Crippen LogP contribution in [-0.4, -0.2) is 32.0 Å². The minimum Gasteiger partial charge on any atom is -0.493 e. The Bertz CT molecular complexity index is 900. The molecule has 1 amide bonds. The van der Waals surface area contributed by atoms with Crippen LogP contribution in [0, 0.1) is 20.8 Å². The Balaban J connectivity index is 2.14. The van der Waals surface area contributed by atoms with Crippen LogP contribution in [0.4, 0.5) is 0 Å². The van der Waals surface area contributed by atoms with Gasteiger partial charge in [0, 0.05) is 12.1 Å². The van der Waals surface area contributed by atoms with E-state index in [9.17, 15) is 9.59 Å². The second-order valence-electron chi connectivity index (χ2n) is 6.60. The third-order valence-electron chi connectivity index (χ3n) is 4.45. The highest BCUT2D eigenvalue weighted by Gasteiger charge is 2.10. The van der Waals surface area contributed by atoms with E-state index in [1.807, 2.05) is 45.9 Å². The molecular weight excluding hydrogens is 354 g/mol. The van der Waals surface area contributed by atoms with Gasteiger partial charge in [-0.25, -0.2) is 0 Å². The molecule has 2 aromatic carbocycles. The van der Waals surface area contributed by atoms with Crippen LogP contribution < -0.4 is 14.8 Å². The zero-order valence-corrected chi connectivity index (χ0v) is 17.1. The molecule has 0 saturated heterocycles. The summed E-state index contributed by atoms with van der Waals surface area (Å²) in [7, 11) is 1.53. The molecule has 2 rings (SSSR count). The summed E-state index contributed by atoms with van der Waals surface area (Å²) in [6.07, 6.45) is 3.30. The van der Waals surface area contributed by atoms with Crippen LogP contribution in [0.3, 0.4) is 0 Å². The zero-order valence-electron chi connectivity index (χ0n) is 17.1. The summed E-state index contributed by atoms with van der Waals surface area (Å²) in [6.45, 7) is 8.30. The lowest BCUT2D eigenvalue weighted by atomic mass is 9.97. The SMILES string of the molecule is CCNC(=O)COc1ccc(/C=C/C(=O)c2cc(C)c(C)cc2C)cc1OC. The normalized spacial score (nSPS) is 10.8. The molecule has 28 heavy (non-hydrogen) atoms. The molecule has 0 aliphatic carbocycles. The van der Waals surface area contributed by atoms with Crippen LogP contribution in [0.1, 0.15) is 39.5 Å². The van der Waals surface area contributed by atoms with Gasteiger partial charge in [0.05, 0.1) is 7.11 Å². The fraction of sp³-hybridized carbons (Fsp3) is 0.304. The van der Waals surface area contributed by atoms with Gasteiger partial charge in [0.1, 0.15) is 0 Å². The van der Waals surface area contributed by atoms with Crippen LogP contribution >= 0.6 is 0 Å². The van der Waals surface area contributed by atoms with Crippen molar-refractivity contribution in [3.8, 4) is 11.5 Å². The van der Waals surface area contributed by atoms with Gasteiger partial charge in [0.15, 0.2) is 23.9 Å². The van der Waals surface area contributed by atoms with Crippen LogP contribution in [0.2, 0.25) is 0 Å². The first-order valence-corrected chi connectivity index (χ1v) is 9.23. The highest BCUT2D eigenvalue weighted by Crippen LogP contribution is 2.28. The van der Waals surface area contributed by atoms with Crippen molar-refractivity contribution in [1.82, 2.24) is 5.32 Å². The standard InChI is InChI=1S/C23H27NO4/c1-6-24-23(26)14-28-21-10-8-18(13-22(21)27-5)7-9-20(25)19-12-16(3)15(2)11-17(19)4/h7-13H,6,14H2,1-5H3,(H,24,26)/b9-7+. The summed E-state index contributed by atoms with van der Waals surface area (Å²) in [5.41, 5.74) is 4.73. The van der Waals surface area contributed by atoms with E-state index in [1.54, 1.807) is 24.3 Å². The molecule has 0 atom stereocenters. The average Bonchev–Trinajstić information content (AvgIpc) is 2.67. The van der Waals surface area contributed by atoms with Gasteiger partial charge in [-0.1, -0.05) is 18.2 Å². The number of allylic oxidation sites excluding steroid dienone is 1. The number of nitrogens with one attached hydrogen (secondary N) is 1. The number of amides is 1. The topological polar surface area (TPSA) is 64.6 Å². The van der Waals surface area contributed by atoms with Gasteiger partial charge in [0.2, 0.25) is 0 Å². The number of hydrogen-bond donors (Lipinski definition) is 1. The molecule has 148 valence electrons. The quantitative estimate of drug-likeness (QED) is 0.554. The summed E-state index contributed by atoms with van der Waals surface area (Å²) < 4.78 is 10.8. The molecule has 2 aromatic rings. The van der Waals surface area contributed by atoms with Crippen LogP contribution in [0.25, 0.3) is 6.08 Å². The summed E-state index contributed by atoms with van der Waals surface area (Å²) in [5, 5.41) is 2.67. The van der Waals surface area contributed by atoms with Crippen molar-refractivity contribution >= 4 is 17.8 Å². The predicted octanol–water partition coefficient (Wildman–Crippen LogP) is 4.03. The third-order valence-corrected chi connectivity index (χ3v) is 4.45. The Hall–Kier alpha value is -3.08. The molecule has 0 heterocycles. The van der Waals surface area contributed by atoms with Gasteiger partial charge < -0.3 is 14.8 Å². The van der Waals surface area contributed by atoms with Crippen LogP contribution in [0.5, 0.6) is 11.5 Å². The Kier molecular flexibility index (Phi) is 7.38. The highest BCUT2D eigenvalue weighted by molar-refractivity contribution is 6.08. The van der Waals surface area contributed by atoms with Gasteiger partial charge in [-0.2, -0.15) is 0 Å². The summed E-state index contributed by atoms with van der Waals surface area (Å²) in [5.74, 6) is 0.738. The first-order valence-electron chi connectivity index (χ1n) is 9.23. The lowest BCUT2D eigenvalue weighted by molar-refractivity contribution is -0.123. The van der Waals surface area contributed by atoms with Crippen molar-refractivity contribution in [1.29, 1.82) is 0 Å². The molecule has 5 heteroatoms. The largest absolute Gasteiger partial charge is 0.493 e. The molecule has 5 nitrogen and oxygen atoms in total. The van der Waals surface area contributed by atoms with Crippen molar-refractivity contribution in [3.63, 3.8) is 0 Å². The van der Waals surface area contributed by atoms with Gasteiger partial charge in [-0.05, 0) is 74.2 Å². The number of ether oxygens (including phenoxy) is 2. The van der Waals surface area contributed by atoms with Gasteiger partial charge >= 0.3 is 0 Å². The van der Waals surface area contributed by atoms with Crippen molar-refractivity contribution < 1.29 is 19.1 Å². The third kappa shape index (κ3) is 5.46. The second kappa shape index (κ2) is 9.74. The number of hydrogen-bond acceptors (Lipinski definition) is 4. The van der Waals surface area contributed by atoms with E-state index in [1.165, 1.54) is 12.7 Å². The van der Waals surface area contributed by atoms with Crippen molar-refractivity contribution in [3.05, 3.63) is 64.2 Å². The molecule has 0 saturated carbocycles. The lowest BCUT2D eigenvalue weighted by Crippen LogP contribution is -2.28. The number of methoxy groups -OCH3 is 1. The highest BCUT2D eigenvalue weighted by atomic mass is 16.5. The lowest BCUT2D eigenvalue weighted by Gasteiger charge is -2.11. The molecule has 0 aliphatic heterocycles. The number of carbonyl (C=O) groups is 2. The molecule has 0 unspecified atom stereocenters. The first kappa shape index (κ1) is 21.2. The minimum absolute atomic E-state index is 0.0452. The first-order chi connectivity index (χ1) is 13.3. The monoisotopic (exact) mass is 381 g/mol. The van der Waals surface area contributed by atoms with E-state index in [0.29, 0.717) is 23.6 Å². The fourth-order valence-electron chi connectivity index (χ4n) is 2.79. The number of benzene rings is 2. The molecule has 0 bridgehead atoms. The van der Waals surface area contributed by atoms with E-state index < -0.39 is 0 Å². The number of ketones is 1. The van der Waals surface area contributed by atoms with Crippen molar-refractivity contribution in [2.45, 2.75) is 27.7 Å². The van der Waals surface area contributed by atoms with E-state index in [4.69, 9.17) is 9.47 Å². The minimum atomic E-state index is -0.192. The second-order valence-corrected chi connectivity index (χ2v) is 6.60. The van der Waals surface area contributed by atoms with E-state index in [-0.39, 0.29) is 18.3 Å². The average molecular weight is 381 g/mol. The van der Waals surface area contributed by atoms with Crippen molar-refractivity contribution in [2.75, 3.05) is 20.3 Å². The molecule has 0 fully saturated rings.